The molecule has 106 valence electrons. The molecule has 2 aromatic rings. The molecule has 5 nitrogen and oxygen atoms in total. The quantitative estimate of drug-likeness (QED) is 0.687. The third kappa shape index (κ3) is 2.15. The van der Waals surface area contributed by atoms with Crippen LogP contribution in [0.15, 0.2) is 18.9 Å². The second-order valence-corrected chi connectivity index (χ2v) is 4.56. The van der Waals surface area contributed by atoms with E-state index in [-0.39, 0.29) is 12.4 Å². The van der Waals surface area contributed by atoms with Gasteiger partial charge in [-0.3, -0.25) is 0 Å². The van der Waals surface area contributed by atoms with E-state index in [2.05, 4.69) is 11.6 Å². The van der Waals surface area contributed by atoms with Gasteiger partial charge in [-0.1, -0.05) is 6.08 Å². The summed E-state index contributed by atoms with van der Waals surface area (Å²) in [5.74, 6) is -0.445. The van der Waals surface area contributed by atoms with E-state index in [1.807, 2.05) is 13.8 Å². The Morgan fingerprint density at radius 2 is 2.25 bits per heavy atom. The van der Waals surface area contributed by atoms with Gasteiger partial charge in [-0.15, -0.1) is 6.58 Å². The minimum absolute atomic E-state index is 0.00616. The number of fused-ring (bicyclic) bond motifs is 1. The van der Waals surface area contributed by atoms with Crippen LogP contribution >= 0.6 is 0 Å². The van der Waals surface area contributed by atoms with E-state index in [0.29, 0.717) is 23.2 Å². The van der Waals surface area contributed by atoms with Crippen LogP contribution in [0, 0.1) is 13.8 Å². The lowest BCUT2D eigenvalue weighted by Crippen LogP contribution is -2.10. The first-order valence-electron chi connectivity index (χ1n) is 6.49. The number of esters is 1. The fraction of sp³-hybridized carbons (Fsp3) is 0.333. The number of aromatic nitrogens is 2. The molecule has 1 N–H and O–H groups in total. The van der Waals surface area contributed by atoms with Crippen molar-refractivity contribution in [2.24, 2.45) is 0 Å². The van der Waals surface area contributed by atoms with Gasteiger partial charge in [-0.25, -0.2) is 9.78 Å². The molecule has 0 aliphatic rings. The summed E-state index contributed by atoms with van der Waals surface area (Å²) in [6.07, 6.45) is 3.68. The Bertz CT molecular complexity index is 686. The minimum atomic E-state index is -0.452. The zero-order chi connectivity index (χ0) is 14.9. The summed E-state index contributed by atoms with van der Waals surface area (Å²) >= 11 is 0. The Hall–Kier alpha value is -2.30. The largest absolute Gasteiger partial charge is 0.504 e. The molecule has 5 heteroatoms. The van der Waals surface area contributed by atoms with Gasteiger partial charge in [0.05, 0.1) is 17.9 Å². The zero-order valence-corrected chi connectivity index (χ0v) is 11.9. The predicted molar refractivity (Wildman–Crippen MR) is 76.2 cm³/mol. The Kier molecular flexibility index (Phi) is 3.79. The van der Waals surface area contributed by atoms with Crippen LogP contribution in [0.2, 0.25) is 0 Å². The number of ether oxygens (including phenoxy) is 1. The van der Waals surface area contributed by atoms with Gasteiger partial charge in [-0.05, 0) is 27.2 Å². The molecule has 0 unspecified atom stereocenters. The molecule has 0 aliphatic heterocycles. The van der Waals surface area contributed by atoms with E-state index in [1.54, 1.807) is 23.6 Å². The average Bonchev–Trinajstić information content (AvgIpc) is 2.70. The highest BCUT2D eigenvalue weighted by atomic mass is 16.5. The van der Waals surface area contributed by atoms with Crippen LogP contribution in [0.25, 0.3) is 5.65 Å². The number of allylic oxidation sites excluding steroid dienone is 1. The van der Waals surface area contributed by atoms with Crippen molar-refractivity contribution in [3.8, 4) is 5.75 Å². The number of hydrogen-bond donors (Lipinski definition) is 1. The second-order valence-electron chi connectivity index (χ2n) is 4.56. The second kappa shape index (κ2) is 5.36. The number of imidazole rings is 1. The molecular formula is C15H18N2O3. The molecule has 0 fully saturated rings. The summed E-state index contributed by atoms with van der Waals surface area (Å²) in [6, 6.07) is 0. The van der Waals surface area contributed by atoms with Crippen LogP contribution < -0.4 is 0 Å². The molecule has 2 heterocycles. The molecule has 0 aliphatic carbocycles. The monoisotopic (exact) mass is 274 g/mol. The number of nitrogens with zero attached hydrogens (tertiary/aromatic N) is 2. The molecule has 0 saturated heterocycles. The van der Waals surface area contributed by atoms with Crippen molar-refractivity contribution < 1.29 is 14.6 Å². The minimum Gasteiger partial charge on any atom is -0.504 e. The molecule has 0 spiro atoms. The molecular weight excluding hydrogens is 256 g/mol. The van der Waals surface area contributed by atoms with Gasteiger partial charge >= 0.3 is 5.97 Å². The van der Waals surface area contributed by atoms with Crippen LogP contribution in [0.3, 0.4) is 0 Å². The van der Waals surface area contributed by atoms with Gasteiger partial charge in [-0.2, -0.15) is 0 Å². The summed E-state index contributed by atoms with van der Waals surface area (Å²) in [5.41, 5.74) is 2.98. The Morgan fingerprint density at radius 3 is 2.85 bits per heavy atom. The van der Waals surface area contributed by atoms with Crippen LogP contribution in [0.5, 0.6) is 5.75 Å². The van der Waals surface area contributed by atoms with Crippen LogP contribution in [0.1, 0.15) is 34.2 Å². The third-order valence-corrected chi connectivity index (χ3v) is 3.31. The Balaban J connectivity index is 2.76. The standard InChI is InChI=1S/C15H18N2O3/c1-5-7-11-12(15(19)20-6-2)8-17-10(4)9(3)16-14(17)13(11)18/h5,8,18H,1,6-7H2,2-4H3. The molecule has 0 atom stereocenters. The molecule has 2 aromatic heterocycles. The number of hydrogen-bond acceptors (Lipinski definition) is 4. The number of aromatic hydroxyl groups is 1. The van der Waals surface area contributed by atoms with Gasteiger partial charge in [0.25, 0.3) is 0 Å². The zero-order valence-electron chi connectivity index (χ0n) is 11.9. The van der Waals surface area contributed by atoms with Crippen molar-refractivity contribution in [1.82, 2.24) is 9.38 Å². The third-order valence-electron chi connectivity index (χ3n) is 3.31. The summed E-state index contributed by atoms with van der Waals surface area (Å²) in [6.45, 7) is 9.43. The lowest BCUT2D eigenvalue weighted by molar-refractivity contribution is 0.0524. The van der Waals surface area contributed by atoms with E-state index in [1.165, 1.54) is 0 Å². The molecule has 0 bridgehead atoms. The smallest absolute Gasteiger partial charge is 0.340 e. The van der Waals surface area contributed by atoms with E-state index >= 15 is 0 Å². The van der Waals surface area contributed by atoms with Crippen molar-refractivity contribution >= 4 is 11.6 Å². The van der Waals surface area contributed by atoms with Crippen molar-refractivity contribution in [2.45, 2.75) is 27.2 Å². The maximum Gasteiger partial charge on any atom is 0.340 e. The summed E-state index contributed by atoms with van der Waals surface area (Å²) in [7, 11) is 0. The van der Waals surface area contributed by atoms with E-state index in [9.17, 15) is 9.90 Å². The number of carbonyl (C=O) groups excluding carboxylic acids is 1. The fourth-order valence-electron chi connectivity index (χ4n) is 2.16. The van der Waals surface area contributed by atoms with Crippen LogP contribution in [0.4, 0.5) is 0 Å². The molecule has 2 rings (SSSR count). The van der Waals surface area contributed by atoms with Gasteiger partial charge in [0, 0.05) is 17.5 Å². The van der Waals surface area contributed by atoms with Crippen molar-refractivity contribution in [1.29, 1.82) is 0 Å². The van der Waals surface area contributed by atoms with Crippen molar-refractivity contribution in [2.75, 3.05) is 6.61 Å². The van der Waals surface area contributed by atoms with E-state index < -0.39 is 5.97 Å². The number of carbonyl (C=O) groups is 1. The predicted octanol–water partition coefficient (Wildman–Crippen LogP) is 2.56. The summed E-state index contributed by atoms with van der Waals surface area (Å²) in [4.78, 5) is 16.4. The van der Waals surface area contributed by atoms with Gasteiger partial charge < -0.3 is 14.2 Å². The first kappa shape index (κ1) is 14.1. The highest BCUT2D eigenvalue weighted by molar-refractivity contribution is 5.92. The molecule has 0 aromatic carbocycles. The highest BCUT2D eigenvalue weighted by Gasteiger charge is 2.21. The topological polar surface area (TPSA) is 63.8 Å². The lowest BCUT2D eigenvalue weighted by Gasteiger charge is -2.11. The lowest BCUT2D eigenvalue weighted by atomic mass is 10.1. The summed E-state index contributed by atoms with van der Waals surface area (Å²) in [5, 5.41) is 10.4. The highest BCUT2D eigenvalue weighted by Crippen LogP contribution is 2.29. The number of rotatable bonds is 4. The summed E-state index contributed by atoms with van der Waals surface area (Å²) < 4.78 is 6.76. The number of pyridine rings is 1. The van der Waals surface area contributed by atoms with Crippen LogP contribution in [-0.2, 0) is 11.2 Å². The van der Waals surface area contributed by atoms with E-state index in [0.717, 1.165) is 11.4 Å². The van der Waals surface area contributed by atoms with E-state index in [4.69, 9.17) is 4.74 Å². The Morgan fingerprint density at radius 1 is 1.55 bits per heavy atom. The van der Waals surface area contributed by atoms with Gasteiger partial charge in [0.15, 0.2) is 11.4 Å². The van der Waals surface area contributed by atoms with Crippen molar-refractivity contribution in [3.63, 3.8) is 0 Å². The first-order chi connectivity index (χ1) is 9.51. The van der Waals surface area contributed by atoms with Gasteiger partial charge in [0.1, 0.15) is 0 Å². The fourth-order valence-corrected chi connectivity index (χ4v) is 2.16. The number of aryl methyl sites for hydroxylation is 2. The maximum atomic E-state index is 12.1. The molecule has 0 saturated carbocycles. The first-order valence-corrected chi connectivity index (χ1v) is 6.49. The molecule has 0 radical (unpaired) electrons. The van der Waals surface area contributed by atoms with Crippen molar-refractivity contribution in [3.05, 3.63) is 41.4 Å². The molecule has 20 heavy (non-hydrogen) atoms. The maximum absolute atomic E-state index is 12.1. The Labute approximate surface area is 117 Å². The van der Waals surface area contributed by atoms with Crippen LogP contribution in [-0.4, -0.2) is 27.1 Å². The SMILES string of the molecule is C=CCc1c(C(=O)OCC)cn2c(C)c(C)nc2c1O. The normalized spacial score (nSPS) is 10.8. The average molecular weight is 274 g/mol. The van der Waals surface area contributed by atoms with Gasteiger partial charge in [0.2, 0.25) is 0 Å². The molecule has 0 amide bonds.